The van der Waals surface area contributed by atoms with Crippen molar-refractivity contribution in [1.82, 2.24) is 15.3 Å². The highest BCUT2D eigenvalue weighted by Crippen LogP contribution is 2.27. The molecule has 3 rings (SSSR count). The van der Waals surface area contributed by atoms with Crippen LogP contribution in [0.4, 0.5) is 4.39 Å². The van der Waals surface area contributed by atoms with Gasteiger partial charge in [0.25, 0.3) is 0 Å². The predicted molar refractivity (Wildman–Crippen MR) is 83.9 cm³/mol. The lowest BCUT2D eigenvalue weighted by molar-refractivity contribution is 0.575. The van der Waals surface area contributed by atoms with Crippen molar-refractivity contribution < 1.29 is 4.39 Å². The normalized spacial score (nSPS) is 12.7. The number of imidazole rings is 1. The van der Waals surface area contributed by atoms with Gasteiger partial charge in [-0.2, -0.15) is 0 Å². The summed E-state index contributed by atoms with van der Waals surface area (Å²) in [4.78, 5) is 16.7. The molecule has 4 nitrogen and oxygen atoms in total. The Kier molecular flexibility index (Phi) is 3.65. The summed E-state index contributed by atoms with van der Waals surface area (Å²) >= 11 is 3.25. The van der Waals surface area contributed by atoms with E-state index in [0.29, 0.717) is 15.6 Å². The third-order valence-electron chi connectivity index (χ3n) is 3.44. The largest absolute Gasteiger partial charge is 0.323 e. The van der Waals surface area contributed by atoms with Gasteiger partial charge in [0.15, 0.2) is 0 Å². The van der Waals surface area contributed by atoms with Crippen molar-refractivity contribution in [3.8, 4) is 0 Å². The van der Waals surface area contributed by atoms with E-state index in [1.165, 1.54) is 6.07 Å². The van der Waals surface area contributed by atoms with E-state index in [-0.39, 0.29) is 17.5 Å². The highest BCUT2D eigenvalue weighted by atomic mass is 79.9. The SMILES string of the molecule is CNC(c1ccc2[nH]c(=O)[nH]c2c1)c1ccc(Br)cc1F. The first-order chi connectivity index (χ1) is 10.1. The molecule has 0 saturated carbocycles. The lowest BCUT2D eigenvalue weighted by Crippen LogP contribution is -2.18. The fourth-order valence-electron chi connectivity index (χ4n) is 2.47. The van der Waals surface area contributed by atoms with Crippen LogP contribution in [0.25, 0.3) is 11.0 Å². The third-order valence-corrected chi connectivity index (χ3v) is 3.93. The van der Waals surface area contributed by atoms with Gasteiger partial charge in [0.2, 0.25) is 0 Å². The van der Waals surface area contributed by atoms with Crippen molar-refractivity contribution in [2.24, 2.45) is 0 Å². The zero-order valence-corrected chi connectivity index (χ0v) is 12.8. The molecular weight excluding hydrogens is 337 g/mol. The third kappa shape index (κ3) is 2.64. The van der Waals surface area contributed by atoms with Gasteiger partial charge >= 0.3 is 5.69 Å². The topological polar surface area (TPSA) is 60.7 Å². The molecule has 3 aromatic rings. The Morgan fingerprint density at radius 2 is 1.90 bits per heavy atom. The van der Waals surface area contributed by atoms with Crippen molar-refractivity contribution in [2.75, 3.05) is 7.05 Å². The molecule has 21 heavy (non-hydrogen) atoms. The lowest BCUT2D eigenvalue weighted by atomic mass is 9.98. The number of hydrogen-bond acceptors (Lipinski definition) is 2. The molecule has 0 saturated heterocycles. The number of nitrogens with one attached hydrogen (secondary N) is 3. The minimum atomic E-state index is -0.291. The first kappa shape index (κ1) is 14.0. The molecule has 1 aromatic heterocycles. The van der Waals surface area contributed by atoms with Crippen LogP contribution in [-0.2, 0) is 0 Å². The summed E-state index contributed by atoms with van der Waals surface area (Å²) in [5.41, 5.74) is 2.61. The number of aromatic amines is 2. The Labute approximate surface area is 128 Å². The van der Waals surface area contributed by atoms with E-state index < -0.39 is 0 Å². The van der Waals surface area contributed by atoms with Crippen LogP contribution in [0.3, 0.4) is 0 Å². The number of fused-ring (bicyclic) bond motifs is 1. The van der Waals surface area contributed by atoms with Crippen molar-refractivity contribution >= 4 is 27.0 Å². The molecule has 0 aliphatic heterocycles. The summed E-state index contributed by atoms with van der Waals surface area (Å²) < 4.78 is 14.9. The second kappa shape index (κ2) is 5.46. The van der Waals surface area contributed by atoms with Crippen molar-refractivity contribution in [1.29, 1.82) is 0 Å². The van der Waals surface area contributed by atoms with Gasteiger partial charge in [-0.05, 0) is 36.9 Å². The molecule has 0 aliphatic rings. The maximum Gasteiger partial charge on any atom is 0.323 e. The van der Waals surface area contributed by atoms with E-state index >= 15 is 0 Å². The van der Waals surface area contributed by atoms with Gasteiger partial charge in [-0.25, -0.2) is 9.18 Å². The molecule has 6 heteroatoms. The first-order valence-electron chi connectivity index (χ1n) is 6.42. The molecule has 2 aromatic carbocycles. The van der Waals surface area contributed by atoms with E-state index in [4.69, 9.17) is 0 Å². The minimum absolute atomic E-state index is 0.252. The zero-order chi connectivity index (χ0) is 15.0. The zero-order valence-electron chi connectivity index (χ0n) is 11.2. The minimum Gasteiger partial charge on any atom is -0.309 e. The molecule has 0 amide bonds. The van der Waals surface area contributed by atoms with Crippen LogP contribution in [0.5, 0.6) is 0 Å². The second-order valence-electron chi connectivity index (χ2n) is 4.77. The van der Waals surface area contributed by atoms with Crippen LogP contribution in [0.1, 0.15) is 17.2 Å². The first-order valence-corrected chi connectivity index (χ1v) is 7.22. The highest BCUT2D eigenvalue weighted by Gasteiger charge is 2.17. The average Bonchev–Trinajstić information content (AvgIpc) is 2.81. The summed E-state index contributed by atoms with van der Waals surface area (Å²) in [7, 11) is 1.77. The van der Waals surface area contributed by atoms with Gasteiger partial charge < -0.3 is 15.3 Å². The van der Waals surface area contributed by atoms with Crippen molar-refractivity contribution in [3.05, 3.63) is 68.3 Å². The number of rotatable bonds is 3. The van der Waals surface area contributed by atoms with Crippen LogP contribution < -0.4 is 11.0 Å². The van der Waals surface area contributed by atoms with Crippen LogP contribution in [-0.4, -0.2) is 17.0 Å². The Balaban J connectivity index is 2.10. The van der Waals surface area contributed by atoms with Gasteiger partial charge in [-0.15, -0.1) is 0 Å². The number of H-pyrrole nitrogens is 2. The van der Waals surface area contributed by atoms with E-state index in [9.17, 15) is 9.18 Å². The van der Waals surface area contributed by atoms with E-state index in [2.05, 4.69) is 31.2 Å². The highest BCUT2D eigenvalue weighted by molar-refractivity contribution is 9.10. The summed E-state index contributed by atoms with van der Waals surface area (Å²) in [6, 6.07) is 10.2. The van der Waals surface area contributed by atoms with Crippen molar-refractivity contribution in [3.63, 3.8) is 0 Å². The molecule has 0 spiro atoms. The summed E-state index contributed by atoms with van der Waals surface area (Å²) in [6.07, 6.45) is 0. The Hall–Kier alpha value is -1.92. The Morgan fingerprint density at radius 3 is 2.62 bits per heavy atom. The fourth-order valence-corrected chi connectivity index (χ4v) is 2.80. The van der Waals surface area contributed by atoms with E-state index in [0.717, 1.165) is 11.1 Å². The van der Waals surface area contributed by atoms with Crippen molar-refractivity contribution in [2.45, 2.75) is 6.04 Å². The molecular formula is C15H13BrFN3O. The molecule has 1 unspecified atom stereocenters. The van der Waals surface area contributed by atoms with Gasteiger partial charge in [0.1, 0.15) is 5.82 Å². The van der Waals surface area contributed by atoms with Crippen LogP contribution in [0.15, 0.2) is 45.7 Å². The van der Waals surface area contributed by atoms with E-state index in [1.54, 1.807) is 19.2 Å². The number of aromatic nitrogens is 2. The van der Waals surface area contributed by atoms with Crippen LogP contribution in [0, 0.1) is 5.82 Å². The maximum absolute atomic E-state index is 14.2. The predicted octanol–water partition coefficient (Wildman–Crippen LogP) is 3.07. The molecule has 1 atom stereocenters. The molecule has 0 radical (unpaired) electrons. The summed E-state index contributed by atoms with van der Waals surface area (Å²) in [6.45, 7) is 0. The monoisotopic (exact) mass is 349 g/mol. The average molecular weight is 350 g/mol. The maximum atomic E-state index is 14.2. The molecule has 0 bridgehead atoms. The molecule has 1 heterocycles. The number of hydrogen-bond donors (Lipinski definition) is 3. The lowest BCUT2D eigenvalue weighted by Gasteiger charge is -2.18. The number of halogens is 2. The smallest absolute Gasteiger partial charge is 0.309 e. The molecule has 0 fully saturated rings. The Bertz CT molecular complexity index is 855. The van der Waals surface area contributed by atoms with Crippen LogP contribution >= 0.6 is 15.9 Å². The van der Waals surface area contributed by atoms with E-state index in [1.807, 2.05) is 18.2 Å². The van der Waals surface area contributed by atoms with Gasteiger partial charge in [0.05, 0.1) is 17.1 Å². The molecule has 3 N–H and O–H groups in total. The fraction of sp³-hybridized carbons (Fsp3) is 0.133. The standard InChI is InChI=1S/C15H13BrFN3O/c1-18-14(10-4-3-9(16)7-11(10)17)8-2-5-12-13(6-8)20-15(21)19-12/h2-7,14,18H,1H3,(H2,19,20,21). The van der Waals surface area contributed by atoms with Crippen LogP contribution in [0.2, 0.25) is 0 Å². The van der Waals surface area contributed by atoms with Gasteiger partial charge in [-0.3, -0.25) is 0 Å². The molecule has 0 aliphatic carbocycles. The Morgan fingerprint density at radius 1 is 1.14 bits per heavy atom. The van der Waals surface area contributed by atoms with Gasteiger partial charge in [-0.1, -0.05) is 28.1 Å². The van der Waals surface area contributed by atoms with Gasteiger partial charge in [0, 0.05) is 10.0 Å². The number of benzene rings is 2. The molecule has 108 valence electrons. The quantitative estimate of drug-likeness (QED) is 0.680. The second-order valence-corrected chi connectivity index (χ2v) is 5.69. The summed E-state index contributed by atoms with van der Waals surface area (Å²) in [5.74, 6) is -0.286. The summed E-state index contributed by atoms with van der Waals surface area (Å²) in [5, 5.41) is 3.11.